The minimum atomic E-state index is -1.22. The van der Waals surface area contributed by atoms with Gasteiger partial charge in [-0.1, -0.05) is 30.3 Å². The van der Waals surface area contributed by atoms with Gasteiger partial charge in [0.2, 0.25) is 0 Å². The number of nitrogens with one attached hydrogen (secondary N) is 2. The van der Waals surface area contributed by atoms with Crippen molar-refractivity contribution in [2.75, 3.05) is 31.6 Å². The van der Waals surface area contributed by atoms with E-state index in [1.165, 1.54) is 13.0 Å². The molecule has 35 heavy (non-hydrogen) atoms. The topological polar surface area (TPSA) is 70.7 Å². The normalized spacial score (nSPS) is 25.1. The van der Waals surface area contributed by atoms with Gasteiger partial charge in [0.05, 0.1) is 12.1 Å². The fourth-order valence-electron chi connectivity index (χ4n) is 5.05. The van der Waals surface area contributed by atoms with E-state index in [9.17, 15) is 18.4 Å². The van der Waals surface area contributed by atoms with Crippen LogP contribution in [0, 0.1) is 11.7 Å². The smallest absolute Gasteiger partial charge is 0.319 e. The molecule has 2 fully saturated rings. The molecule has 2 N–H and O–H groups in total. The van der Waals surface area contributed by atoms with Crippen LogP contribution in [-0.2, 0) is 11.2 Å². The highest BCUT2D eigenvalue weighted by Gasteiger charge is 2.37. The van der Waals surface area contributed by atoms with Crippen LogP contribution in [0.1, 0.15) is 42.1 Å². The minimum absolute atomic E-state index is 0.103. The summed E-state index contributed by atoms with van der Waals surface area (Å²) < 4.78 is 34.9. The van der Waals surface area contributed by atoms with E-state index in [0.717, 1.165) is 31.5 Å². The molecule has 0 spiro atoms. The number of ether oxygens (including phenoxy) is 1. The van der Waals surface area contributed by atoms with E-state index in [2.05, 4.69) is 15.5 Å². The van der Waals surface area contributed by atoms with Crippen LogP contribution in [0.15, 0.2) is 48.5 Å². The molecule has 0 aliphatic carbocycles. The molecule has 0 saturated carbocycles. The number of ketones is 1. The van der Waals surface area contributed by atoms with Gasteiger partial charge in [0.25, 0.3) is 0 Å². The van der Waals surface area contributed by atoms with Crippen molar-refractivity contribution in [3.8, 4) is 0 Å². The van der Waals surface area contributed by atoms with Gasteiger partial charge in [0.15, 0.2) is 5.78 Å². The van der Waals surface area contributed by atoms with Crippen LogP contribution in [0.3, 0.4) is 0 Å². The number of carbonyl (C=O) groups is 2. The predicted octanol–water partition coefficient (Wildman–Crippen LogP) is 4.60. The first-order valence-electron chi connectivity index (χ1n) is 12.3. The highest BCUT2D eigenvalue weighted by molar-refractivity contribution is 5.96. The fraction of sp³-hybridized carbons (Fsp3) is 0.481. The summed E-state index contributed by atoms with van der Waals surface area (Å²) in [7, 11) is 0. The SMILES string of the molecule is CC(=O)c1cccc(NC(=O)N[C@@H]2[C@@H](F)CCO[C@@H]2CN2CCCC(Cc3ccccc3F)C2)c1. The van der Waals surface area contributed by atoms with Crippen LogP contribution in [0.5, 0.6) is 0 Å². The number of Topliss-reactive ketones (excluding diaryl/α,β-unsaturated/α-hetero) is 1. The molecule has 2 aromatic carbocycles. The second-order valence-corrected chi connectivity index (χ2v) is 9.54. The molecule has 2 saturated heterocycles. The van der Waals surface area contributed by atoms with Crippen molar-refractivity contribution in [3.63, 3.8) is 0 Å². The van der Waals surface area contributed by atoms with Gasteiger partial charge in [0.1, 0.15) is 12.0 Å². The van der Waals surface area contributed by atoms with Crippen molar-refractivity contribution in [3.05, 3.63) is 65.5 Å². The molecule has 4 rings (SSSR count). The Kier molecular flexibility index (Phi) is 8.46. The van der Waals surface area contributed by atoms with Crippen LogP contribution in [0.2, 0.25) is 0 Å². The quantitative estimate of drug-likeness (QED) is 0.563. The number of likely N-dealkylation sites (tertiary alicyclic amines) is 1. The molecule has 2 aromatic rings. The summed E-state index contributed by atoms with van der Waals surface area (Å²) in [6.07, 6.45) is 1.19. The van der Waals surface area contributed by atoms with E-state index in [0.29, 0.717) is 36.7 Å². The van der Waals surface area contributed by atoms with Gasteiger partial charge in [-0.3, -0.25) is 4.79 Å². The lowest BCUT2D eigenvalue weighted by Crippen LogP contribution is -2.58. The zero-order valence-corrected chi connectivity index (χ0v) is 20.0. The van der Waals surface area contributed by atoms with E-state index < -0.39 is 24.3 Å². The molecule has 2 amide bonds. The van der Waals surface area contributed by atoms with Gasteiger partial charge in [-0.25, -0.2) is 13.6 Å². The van der Waals surface area contributed by atoms with E-state index in [4.69, 9.17) is 4.74 Å². The summed E-state index contributed by atoms with van der Waals surface area (Å²) in [6.45, 7) is 3.90. The number of halogens is 2. The molecule has 2 aliphatic rings. The number of hydrogen-bond donors (Lipinski definition) is 2. The maximum atomic E-state index is 14.9. The van der Waals surface area contributed by atoms with E-state index in [1.54, 1.807) is 30.3 Å². The number of hydrogen-bond acceptors (Lipinski definition) is 4. The third-order valence-corrected chi connectivity index (χ3v) is 6.85. The Morgan fingerprint density at radius 1 is 1.14 bits per heavy atom. The lowest BCUT2D eigenvalue weighted by atomic mass is 9.90. The predicted molar refractivity (Wildman–Crippen MR) is 131 cm³/mol. The van der Waals surface area contributed by atoms with Crippen LogP contribution < -0.4 is 10.6 Å². The maximum absolute atomic E-state index is 14.9. The number of nitrogens with zero attached hydrogens (tertiary/aromatic N) is 1. The van der Waals surface area contributed by atoms with E-state index in [1.807, 2.05) is 12.1 Å². The number of piperidine rings is 1. The molecular weight excluding hydrogens is 452 g/mol. The first-order chi connectivity index (χ1) is 16.9. The van der Waals surface area contributed by atoms with Gasteiger partial charge < -0.3 is 20.3 Å². The molecule has 1 unspecified atom stereocenters. The number of amides is 2. The molecule has 2 heterocycles. The Bertz CT molecular complexity index is 1030. The number of alkyl halides is 1. The summed E-state index contributed by atoms with van der Waals surface area (Å²) in [5, 5.41) is 5.45. The van der Waals surface area contributed by atoms with Gasteiger partial charge in [-0.15, -0.1) is 0 Å². The third-order valence-electron chi connectivity index (χ3n) is 6.85. The van der Waals surface area contributed by atoms with Crippen molar-refractivity contribution in [2.45, 2.75) is 50.9 Å². The molecule has 0 aromatic heterocycles. The zero-order chi connectivity index (χ0) is 24.8. The maximum Gasteiger partial charge on any atom is 0.319 e. The van der Waals surface area contributed by atoms with E-state index >= 15 is 0 Å². The lowest BCUT2D eigenvalue weighted by molar-refractivity contribution is -0.0599. The van der Waals surface area contributed by atoms with Gasteiger partial charge >= 0.3 is 6.03 Å². The Hall–Kier alpha value is -2.84. The van der Waals surface area contributed by atoms with Gasteiger partial charge in [-0.05, 0) is 62.4 Å². The fourth-order valence-corrected chi connectivity index (χ4v) is 5.05. The highest BCUT2D eigenvalue weighted by Crippen LogP contribution is 2.25. The third kappa shape index (κ3) is 6.86. The molecular formula is C27H33F2N3O3. The summed E-state index contributed by atoms with van der Waals surface area (Å²) in [5.74, 6) is 0.0340. The zero-order valence-electron chi connectivity index (χ0n) is 20.0. The average molecular weight is 486 g/mol. The highest BCUT2D eigenvalue weighted by atomic mass is 19.1. The molecule has 6 nitrogen and oxygen atoms in total. The Morgan fingerprint density at radius 2 is 1.97 bits per heavy atom. The Balaban J connectivity index is 1.35. The van der Waals surface area contributed by atoms with Crippen molar-refractivity contribution in [1.29, 1.82) is 0 Å². The summed E-state index contributed by atoms with van der Waals surface area (Å²) in [5.41, 5.74) is 1.67. The molecule has 188 valence electrons. The molecule has 2 aliphatic heterocycles. The first-order valence-corrected chi connectivity index (χ1v) is 12.3. The van der Waals surface area contributed by atoms with Crippen molar-refractivity contribution >= 4 is 17.5 Å². The Labute approximate surface area is 205 Å². The second kappa shape index (κ2) is 11.7. The lowest BCUT2D eigenvalue weighted by Gasteiger charge is -2.40. The number of benzene rings is 2. The standard InChI is InChI=1S/C27H33F2N3O3/c1-18(33)20-8-4-9-22(15-20)30-27(34)31-26-24(29)11-13-35-25(26)17-32-12-5-6-19(16-32)14-21-7-2-3-10-23(21)28/h2-4,7-10,15,19,24-26H,5-6,11-14,16-17H2,1H3,(H2,30,31,34)/t19?,24-,25+,26+/m0/s1. The van der Waals surface area contributed by atoms with Crippen LogP contribution in [-0.4, -0.2) is 61.3 Å². The summed E-state index contributed by atoms with van der Waals surface area (Å²) in [4.78, 5) is 26.5. The van der Waals surface area contributed by atoms with Crippen LogP contribution in [0.25, 0.3) is 0 Å². The van der Waals surface area contributed by atoms with Crippen molar-refractivity contribution < 1.29 is 23.1 Å². The van der Waals surface area contributed by atoms with Crippen molar-refractivity contribution in [1.82, 2.24) is 10.2 Å². The number of carbonyl (C=O) groups excluding carboxylic acids is 2. The largest absolute Gasteiger partial charge is 0.375 e. The van der Waals surface area contributed by atoms with Crippen molar-refractivity contribution in [2.24, 2.45) is 5.92 Å². The van der Waals surface area contributed by atoms with Crippen LogP contribution >= 0.6 is 0 Å². The van der Waals surface area contributed by atoms with Gasteiger partial charge in [0, 0.05) is 37.4 Å². The summed E-state index contributed by atoms with van der Waals surface area (Å²) >= 11 is 0. The monoisotopic (exact) mass is 485 g/mol. The number of urea groups is 1. The minimum Gasteiger partial charge on any atom is -0.375 e. The average Bonchev–Trinajstić information content (AvgIpc) is 2.83. The second-order valence-electron chi connectivity index (χ2n) is 9.54. The number of anilines is 1. The first kappa shape index (κ1) is 25.3. The molecule has 8 heteroatoms. The molecule has 4 atom stereocenters. The molecule has 0 bridgehead atoms. The number of rotatable bonds is 7. The summed E-state index contributed by atoms with van der Waals surface area (Å²) in [6, 6.07) is 12.2. The van der Waals surface area contributed by atoms with E-state index in [-0.39, 0.29) is 18.0 Å². The van der Waals surface area contributed by atoms with Crippen LogP contribution in [0.4, 0.5) is 19.3 Å². The Morgan fingerprint density at radius 3 is 2.77 bits per heavy atom. The van der Waals surface area contributed by atoms with Gasteiger partial charge in [-0.2, -0.15) is 0 Å². The molecule has 0 radical (unpaired) electrons.